The van der Waals surface area contributed by atoms with Crippen LogP contribution in [0.1, 0.15) is 31.7 Å². The van der Waals surface area contributed by atoms with Gasteiger partial charge in [0.1, 0.15) is 11.9 Å². The van der Waals surface area contributed by atoms with Crippen LogP contribution in [0.4, 0.5) is 0 Å². The molecule has 2 N–H and O–H groups in total. The van der Waals surface area contributed by atoms with Gasteiger partial charge in [-0.1, -0.05) is 24.6 Å². The lowest BCUT2D eigenvalue weighted by atomic mass is 10.2. The number of aliphatic hydroxyl groups is 1. The Labute approximate surface area is 113 Å². The lowest BCUT2D eigenvalue weighted by molar-refractivity contribution is 0.0604. The summed E-state index contributed by atoms with van der Waals surface area (Å²) >= 11 is 6.20. The van der Waals surface area contributed by atoms with Gasteiger partial charge in [-0.3, -0.25) is 0 Å². The summed E-state index contributed by atoms with van der Waals surface area (Å²) < 4.78 is 5.78. The maximum absolute atomic E-state index is 9.73. The minimum atomic E-state index is -0.359. The Morgan fingerprint density at radius 1 is 1.44 bits per heavy atom. The van der Waals surface area contributed by atoms with Crippen LogP contribution in [0.5, 0.6) is 5.75 Å². The molecule has 4 heteroatoms. The number of nitrogens with one attached hydrogen (secondary N) is 1. The first-order valence-electron chi connectivity index (χ1n) is 6.54. The van der Waals surface area contributed by atoms with E-state index < -0.39 is 0 Å². The minimum absolute atomic E-state index is 0.109. The second-order valence-corrected chi connectivity index (χ2v) is 5.11. The molecule has 0 heterocycles. The molecule has 18 heavy (non-hydrogen) atoms. The molecule has 0 radical (unpaired) electrons. The van der Waals surface area contributed by atoms with Crippen LogP contribution in [0.3, 0.4) is 0 Å². The Balaban J connectivity index is 2.00. The van der Waals surface area contributed by atoms with Crippen molar-refractivity contribution in [3.8, 4) is 5.75 Å². The highest BCUT2D eigenvalue weighted by molar-refractivity contribution is 6.32. The van der Waals surface area contributed by atoms with Crippen LogP contribution in [0.2, 0.25) is 5.02 Å². The molecule has 1 fully saturated rings. The minimum Gasteiger partial charge on any atom is -0.486 e. The molecule has 2 unspecified atom stereocenters. The van der Waals surface area contributed by atoms with Gasteiger partial charge >= 0.3 is 0 Å². The van der Waals surface area contributed by atoms with Crippen LogP contribution >= 0.6 is 11.6 Å². The SMILES string of the molecule is CCNCc1ccc(OC2CCCC2O)c(Cl)c1. The fourth-order valence-electron chi connectivity index (χ4n) is 2.23. The van der Waals surface area contributed by atoms with Crippen LogP contribution in [-0.4, -0.2) is 23.9 Å². The second kappa shape index (κ2) is 6.41. The summed E-state index contributed by atoms with van der Waals surface area (Å²) in [6.45, 7) is 3.81. The number of hydrogen-bond donors (Lipinski definition) is 2. The quantitative estimate of drug-likeness (QED) is 0.864. The van der Waals surface area contributed by atoms with E-state index in [2.05, 4.69) is 12.2 Å². The van der Waals surface area contributed by atoms with Crippen molar-refractivity contribution in [2.75, 3.05) is 6.54 Å². The number of halogens is 1. The Morgan fingerprint density at radius 3 is 2.89 bits per heavy atom. The standard InChI is InChI=1S/C14H20ClNO2/c1-2-16-9-10-6-7-13(11(15)8-10)18-14-5-3-4-12(14)17/h6-8,12,14,16-17H,2-5,9H2,1H3. The van der Waals surface area contributed by atoms with Crippen molar-refractivity contribution in [3.05, 3.63) is 28.8 Å². The fraction of sp³-hybridized carbons (Fsp3) is 0.571. The molecule has 0 spiro atoms. The predicted octanol–water partition coefficient (Wildman–Crippen LogP) is 2.74. The lowest BCUT2D eigenvalue weighted by Gasteiger charge is -2.18. The van der Waals surface area contributed by atoms with Gasteiger partial charge in [-0.2, -0.15) is 0 Å². The first-order valence-corrected chi connectivity index (χ1v) is 6.92. The van der Waals surface area contributed by atoms with E-state index in [1.165, 1.54) is 0 Å². The topological polar surface area (TPSA) is 41.5 Å². The van der Waals surface area contributed by atoms with Gasteiger partial charge in [0.05, 0.1) is 11.1 Å². The summed E-state index contributed by atoms with van der Waals surface area (Å²) in [5.41, 5.74) is 1.14. The number of rotatable bonds is 5. The van der Waals surface area contributed by atoms with E-state index in [0.717, 1.165) is 37.9 Å². The van der Waals surface area contributed by atoms with Gasteiger partial charge in [0.25, 0.3) is 0 Å². The summed E-state index contributed by atoms with van der Waals surface area (Å²) in [7, 11) is 0. The summed E-state index contributed by atoms with van der Waals surface area (Å²) in [6.07, 6.45) is 2.27. The zero-order valence-electron chi connectivity index (χ0n) is 10.7. The van der Waals surface area contributed by atoms with Crippen LogP contribution in [-0.2, 0) is 6.54 Å². The summed E-state index contributed by atoms with van der Waals surface area (Å²) in [4.78, 5) is 0. The molecular formula is C14H20ClNO2. The van der Waals surface area contributed by atoms with E-state index in [0.29, 0.717) is 10.8 Å². The summed E-state index contributed by atoms with van der Waals surface area (Å²) in [5.74, 6) is 0.669. The molecule has 1 aromatic rings. The van der Waals surface area contributed by atoms with Crippen molar-refractivity contribution >= 4 is 11.6 Å². The zero-order valence-corrected chi connectivity index (χ0v) is 11.4. The summed E-state index contributed by atoms with van der Waals surface area (Å²) in [6, 6.07) is 5.81. The molecule has 1 aliphatic rings. The Hall–Kier alpha value is -0.770. The molecule has 2 rings (SSSR count). The third-order valence-electron chi connectivity index (χ3n) is 3.27. The third kappa shape index (κ3) is 3.37. The molecule has 3 nitrogen and oxygen atoms in total. The van der Waals surface area contributed by atoms with Gasteiger partial charge in [0.15, 0.2) is 0 Å². The van der Waals surface area contributed by atoms with Crippen molar-refractivity contribution in [2.24, 2.45) is 0 Å². The highest BCUT2D eigenvalue weighted by atomic mass is 35.5. The van der Waals surface area contributed by atoms with Crippen LogP contribution < -0.4 is 10.1 Å². The van der Waals surface area contributed by atoms with Crippen LogP contribution in [0.25, 0.3) is 0 Å². The fourth-order valence-corrected chi connectivity index (χ4v) is 2.47. The van der Waals surface area contributed by atoms with Gasteiger partial charge in [-0.05, 0) is 43.5 Å². The average molecular weight is 270 g/mol. The van der Waals surface area contributed by atoms with Crippen molar-refractivity contribution in [1.82, 2.24) is 5.32 Å². The number of ether oxygens (including phenoxy) is 1. The molecule has 100 valence electrons. The van der Waals surface area contributed by atoms with Crippen molar-refractivity contribution in [3.63, 3.8) is 0 Å². The van der Waals surface area contributed by atoms with Crippen LogP contribution in [0, 0.1) is 0 Å². The zero-order chi connectivity index (χ0) is 13.0. The molecule has 0 amide bonds. The number of benzene rings is 1. The maximum Gasteiger partial charge on any atom is 0.138 e. The lowest BCUT2D eigenvalue weighted by Crippen LogP contribution is -2.25. The van der Waals surface area contributed by atoms with E-state index in [4.69, 9.17) is 16.3 Å². The van der Waals surface area contributed by atoms with Gasteiger partial charge < -0.3 is 15.2 Å². The second-order valence-electron chi connectivity index (χ2n) is 4.70. The first kappa shape index (κ1) is 13.7. The number of aliphatic hydroxyl groups excluding tert-OH is 1. The summed E-state index contributed by atoms with van der Waals surface area (Å²) in [5, 5.41) is 13.6. The molecule has 0 aromatic heterocycles. The van der Waals surface area contributed by atoms with E-state index in [1.54, 1.807) is 0 Å². The largest absolute Gasteiger partial charge is 0.486 e. The Morgan fingerprint density at radius 2 is 2.28 bits per heavy atom. The van der Waals surface area contributed by atoms with Crippen molar-refractivity contribution < 1.29 is 9.84 Å². The van der Waals surface area contributed by atoms with E-state index in [-0.39, 0.29) is 12.2 Å². The molecule has 1 aromatic carbocycles. The van der Waals surface area contributed by atoms with Crippen molar-refractivity contribution in [2.45, 2.75) is 44.9 Å². The number of hydrogen-bond acceptors (Lipinski definition) is 3. The van der Waals surface area contributed by atoms with Crippen LogP contribution in [0.15, 0.2) is 18.2 Å². The molecule has 0 saturated heterocycles. The predicted molar refractivity (Wildman–Crippen MR) is 73.1 cm³/mol. The van der Waals surface area contributed by atoms with Gasteiger partial charge in [-0.25, -0.2) is 0 Å². The first-order chi connectivity index (χ1) is 8.70. The van der Waals surface area contributed by atoms with Crippen molar-refractivity contribution in [1.29, 1.82) is 0 Å². The highest BCUT2D eigenvalue weighted by Gasteiger charge is 2.27. The average Bonchev–Trinajstić information content (AvgIpc) is 2.75. The smallest absolute Gasteiger partial charge is 0.138 e. The highest BCUT2D eigenvalue weighted by Crippen LogP contribution is 2.30. The molecule has 0 bridgehead atoms. The molecule has 1 aliphatic carbocycles. The molecule has 0 aliphatic heterocycles. The maximum atomic E-state index is 9.73. The van der Waals surface area contributed by atoms with Gasteiger partial charge in [-0.15, -0.1) is 0 Å². The molecule has 2 atom stereocenters. The Bertz CT molecular complexity index is 397. The monoisotopic (exact) mass is 269 g/mol. The van der Waals surface area contributed by atoms with Gasteiger partial charge in [0, 0.05) is 6.54 Å². The van der Waals surface area contributed by atoms with E-state index in [9.17, 15) is 5.11 Å². The van der Waals surface area contributed by atoms with E-state index in [1.807, 2.05) is 18.2 Å². The molecule has 1 saturated carbocycles. The Kier molecular flexibility index (Phi) is 4.87. The third-order valence-corrected chi connectivity index (χ3v) is 3.57. The normalized spacial score (nSPS) is 23.3. The molecular weight excluding hydrogens is 250 g/mol. The van der Waals surface area contributed by atoms with E-state index >= 15 is 0 Å². The van der Waals surface area contributed by atoms with Gasteiger partial charge in [0.2, 0.25) is 0 Å².